The van der Waals surface area contributed by atoms with E-state index < -0.39 is 0 Å². The Hall–Kier alpha value is -2.62. The highest BCUT2D eigenvalue weighted by Crippen LogP contribution is 2.28. The van der Waals surface area contributed by atoms with Crippen molar-refractivity contribution in [1.82, 2.24) is 0 Å². The van der Waals surface area contributed by atoms with E-state index in [1.807, 2.05) is 54.6 Å². The Kier molecular flexibility index (Phi) is 5.72. The van der Waals surface area contributed by atoms with Gasteiger partial charge in [0.1, 0.15) is 17.2 Å². The molecule has 4 heteroatoms. The zero-order valence-electron chi connectivity index (χ0n) is 13.1. The maximum Gasteiger partial charge on any atom is 0.145 e. The normalized spacial score (nSPS) is 10.5. The highest BCUT2D eigenvalue weighted by molar-refractivity contribution is 5.61. The Labute approximate surface area is 131 Å². The molecule has 0 saturated heterocycles. The van der Waals surface area contributed by atoms with E-state index in [0.29, 0.717) is 6.54 Å². The van der Waals surface area contributed by atoms with Gasteiger partial charge in [0.15, 0.2) is 0 Å². The molecular weight excluding hydrogens is 278 g/mol. The van der Waals surface area contributed by atoms with E-state index in [9.17, 15) is 0 Å². The number of nitrogens with one attached hydrogen (secondary N) is 1. The third-order valence-electron chi connectivity index (χ3n) is 3.26. The molecule has 0 heterocycles. The monoisotopic (exact) mass is 299 g/mol. The maximum absolute atomic E-state index is 5.35. The van der Waals surface area contributed by atoms with E-state index in [2.05, 4.69) is 5.32 Å². The van der Waals surface area contributed by atoms with Gasteiger partial charge in [0, 0.05) is 18.2 Å². The summed E-state index contributed by atoms with van der Waals surface area (Å²) in [6.45, 7) is 0.681. The topological polar surface area (TPSA) is 39.7 Å². The SMILES string of the molecule is COc1ccc(NCC=Cc2ccccc2OC)c(OC)c1. The van der Waals surface area contributed by atoms with Gasteiger partial charge in [0.25, 0.3) is 0 Å². The Bertz CT molecular complexity index is 638. The molecule has 2 aromatic rings. The van der Waals surface area contributed by atoms with Crippen LogP contribution in [0, 0.1) is 0 Å². The summed E-state index contributed by atoms with van der Waals surface area (Å²) in [5.41, 5.74) is 1.97. The van der Waals surface area contributed by atoms with Crippen LogP contribution in [0.3, 0.4) is 0 Å². The highest BCUT2D eigenvalue weighted by Gasteiger charge is 2.03. The van der Waals surface area contributed by atoms with Gasteiger partial charge in [-0.3, -0.25) is 0 Å². The minimum absolute atomic E-state index is 0.681. The first kappa shape index (κ1) is 15.8. The number of methoxy groups -OCH3 is 3. The van der Waals surface area contributed by atoms with Gasteiger partial charge in [-0.2, -0.15) is 0 Å². The van der Waals surface area contributed by atoms with Gasteiger partial charge in [-0.25, -0.2) is 0 Å². The largest absolute Gasteiger partial charge is 0.497 e. The smallest absolute Gasteiger partial charge is 0.145 e. The van der Waals surface area contributed by atoms with E-state index in [1.54, 1.807) is 21.3 Å². The first-order valence-electron chi connectivity index (χ1n) is 7.04. The minimum Gasteiger partial charge on any atom is -0.497 e. The first-order chi connectivity index (χ1) is 10.8. The zero-order valence-corrected chi connectivity index (χ0v) is 13.1. The molecule has 22 heavy (non-hydrogen) atoms. The number of hydrogen-bond acceptors (Lipinski definition) is 4. The molecule has 0 bridgehead atoms. The zero-order chi connectivity index (χ0) is 15.8. The Balaban J connectivity index is 2.00. The third-order valence-corrected chi connectivity index (χ3v) is 3.26. The van der Waals surface area contributed by atoms with E-state index in [0.717, 1.165) is 28.5 Å². The summed E-state index contributed by atoms with van der Waals surface area (Å²) in [5, 5.41) is 3.32. The van der Waals surface area contributed by atoms with Crippen molar-refractivity contribution in [2.45, 2.75) is 0 Å². The molecule has 0 radical (unpaired) electrons. The molecule has 0 aliphatic carbocycles. The lowest BCUT2D eigenvalue weighted by Gasteiger charge is -2.11. The average molecular weight is 299 g/mol. The quantitative estimate of drug-likeness (QED) is 0.843. The van der Waals surface area contributed by atoms with Crippen LogP contribution in [0.4, 0.5) is 5.69 Å². The van der Waals surface area contributed by atoms with E-state index in [4.69, 9.17) is 14.2 Å². The fraction of sp³-hybridized carbons (Fsp3) is 0.222. The van der Waals surface area contributed by atoms with Crippen molar-refractivity contribution in [2.24, 2.45) is 0 Å². The lowest BCUT2D eigenvalue weighted by molar-refractivity contribution is 0.395. The van der Waals surface area contributed by atoms with Crippen molar-refractivity contribution >= 4 is 11.8 Å². The van der Waals surface area contributed by atoms with Crippen LogP contribution in [-0.2, 0) is 0 Å². The molecule has 0 amide bonds. The Morgan fingerprint density at radius 1 is 0.909 bits per heavy atom. The molecule has 0 atom stereocenters. The average Bonchev–Trinajstić information content (AvgIpc) is 2.59. The second-order valence-corrected chi connectivity index (χ2v) is 4.59. The third kappa shape index (κ3) is 3.95. The molecule has 2 rings (SSSR count). The lowest BCUT2D eigenvalue weighted by atomic mass is 10.2. The van der Waals surface area contributed by atoms with E-state index >= 15 is 0 Å². The summed E-state index contributed by atoms with van der Waals surface area (Å²) < 4.78 is 15.9. The van der Waals surface area contributed by atoms with Crippen LogP contribution in [-0.4, -0.2) is 27.9 Å². The van der Waals surface area contributed by atoms with Crippen molar-refractivity contribution in [3.05, 3.63) is 54.1 Å². The molecular formula is C18H21NO3. The van der Waals surface area contributed by atoms with Gasteiger partial charge in [-0.15, -0.1) is 0 Å². The highest BCUT2D eigenvalue weighted by atomic mass is 16.5. The van der Waals surface area contributed by atoms with Crippen molar-refractivity contribution in [3.63, 3.8) is 0 Å². The number of para-hydroxylation sites is 1. The fourth-order valence-corrected chi connectivity index (χ4v) is 2.10. The predicted molar refractivity (Wildman–Crippen MR) is 90.1 cm³/mol. The molecule has 0 aromatic heterocycles. The molecule has 0 aliphatic rings. The molecule has 4 nitrogen and oxygen atoms in total. The van der Waals surface area contributed by atoms with Gasteiger partial charge in [0.05, 0.1) is 27.0 Å². The van der Waals surface area contributed by atoms with Crippen molar-refractivity contribution in [2.75, 3.05) is 33.2 Å². The number of hydrogen-bond donors (Lipinski definition) is 1. The van der Waals surface area contributed by atoms with E-state index in [1.165, 1.54) is 0 Å². The van der Waals surface area contributed by atoms with Gasteiger partial charge >= 0.3 is 0 Å². The Morgan fingerprint density at radius 2 is 1.68 bits per heavy atom. The molecule has 0 spiro atoms. The number of rotatable bonds is 7. The lowest BCUT2D eigenvalue weighted by Crippen LogP contribution is -2.01. The first-order valence-corrected chi connectivity index (χ1v) is 7.04. The minimum atomic E-state index is 0.681. The molecule has 1 N–H and O–H groups in total. The summed E-state index contributed by atoms with van der Waals surface area (Å²) in [4.78, 5) is 0. The summed E-state index contributed by atoms with van der Waals surface area (Å²) in [7, 11) is 4.95. The van der Waals surface area contributed by atoms with Crippen LogP contribution in [0.5, 0.6) is 17.2 Å². The number of anilines is 1. The summed E-state index contributed by atoms with van der Waals surface area (Å²) in [6, 6.07) is 13.6. The van der Waals surface area contributed by atoms with Gasteiger partial charge in [0.2, 0.25) is 0 Å². The summed E-state index contributed by atoms with van der Waals surface area (Å²) in [5.74, 6) is 2.39. The molecule has 116 valence electrons. The number of ether oxygens (including phenoxy) is 3. The van der Waals surface area contributed by atoms with Crippen LogP contribution >= 0.6 is 0 Å². The van der Waals surface area contributed by atoms with Gasteiger partial charge < -0.3 is 19.5 Å². The van der Waals surface area contributed by atoms with Crippen LogP contribution in [0.15, 0.2) is 48.5 Å². The molecule has 0 fully saturated rings. The van der Waals surface area contributed by atoms with Crippen LogP contribution in [0.1, 0.15) is 5.56 Å². The van der Waals surface area contributed by atoms with Crippen molar-refractivity contribution in [1.29, 1.82) is 0 Å². The van der Waals surface area contributed by atoms with Gasteiger partial charge in [-0.1, -0.05) is 30.4 Å². The molecule has 0 unspecified atom stereocenters. The van der Waals surface area contributed by atoms with Crippen LogP contribution in [0.2, 0.25) is 0 Å². The predicted octanol–water partition coefficient (Wildman–Crippen LogP) is 3.84. The van der Waals surface area contributed by atoms with Crippen molar-refractivity contribution < 1.29 is 14.2 Å². The Morgan fingerprint density at radius 3 is 2.41 bits per heavy atom. The van der Waals surface area contributed by atoms with Gasteiger partial charge in [-0.05, 0) is 18.2 Å². The second kappa shape index (κ2) is 7.98. The summed E-state index contributed by atoms with van der Waals surface area (Å²) >= 11 is 0. The standard InChI is InChI=1S/C18H21NO3/c1-20-15-10-11-16(18(13-15)22-3)19-12-6-8-14-7-4-5-9-17(14)21-2/h4-11,13,19H,12H2,1-3H3. The van der Waals surface area contributed by atoms with Crippen LogP contribution < -0.4 is 19.5 Å². The van der Waals surface area contributed by atoms with E-state index in [-0.39, 0.29) is 0 Å². The van der Waals surface area contributed by atoms with Crippen LogP contribution in [0.25, 0.3) is 6.08 Å². The summed E-state index contributed by atoms with van der Waals surface area (Å²) in [6.07, 6.45) is 4.07. The fourth-order valence-electron chi connectivity index (χ4n) is 2.10. The second-order valence-electron chi connectivity index (χ2n) is 4.59. The van der Waals surface area contributed by atoms with Crippen molar-refractivity contribution in [3.8, 4) is 17.2 Å². The maximum atomic E-state index is 5.35. The number of benzene rings is 2. The molecule has 0 aliphatic heterocycles. The molecule has 2 aromatic carbocycles. The molecule has 0 saturated carbocycles.